The third kappa shape index (κ3) is 3.44. The summed E-state index contributed by atoms with van der Waals surface area (Å²) in [5, 5.41) is 18.6. The molecule has 2 aromatic carbocycles. The molecule has 23 heavy (non-hydrogen) atoms. The summed E-state index contributed by atoms with van der Waals surface area (Å²) in [7, 11) is 0. The summed E-state index contributed by atoms with van der Waals surface area (Å²) in [5.41, 5.74) is 1.05. The summed E-state index contributed by atoms with van der Waals surface area (Å²) in [4.78, 5) is 11.8. The molecule has 0 unspecified atom stereocenters. The molecule has 0 aromatic heterocycles. The summed E-state index contributed by atoms with van der Waals surface area (Å²) in [5.74, 6) is 0.951. The van der Waals surface area contributed by atoms with Crippen molar-refractivity contribution in [3.05, 3.63) is 53.6 Å². The van der Waals surface area contributed by atoms with E-state index in [1.165, 1.54) is 18.2 Å². The Morgan fingerprint density at radius 1 is 1.17 bits per heavy atom. The third-order valence-electron chi connectivity index (χ3n) is 3.25. The fourth-order valence-electron chi connectivity index (χ4n) is 2.09. The number of hydrogen-bond donors (Lipinski definition) is 2. The quantitative estimate of drug-likeness (QED) is 0.511. The monoisotopic (exact) mass is 314 g/mol. The second-order valence-corrected chi connectivity index (χ2v) is 4.82. The lowest BCUT2D eigenvalue weighted by Gasteiger charge is -2.03. The zero-order chi connectivity index (χ0) is 16.2. The van der Waals surface area contributed by atoms with Gasteiger partial charge in [0.2, 0.25) is 6.79 Å². The molecular weight excluding hydrogens is 300 g/mol. The predicted molar refractivity (Wildman–Crippen MR) is 81.3 cm³/mol. The highest BCUT2D eigenvalue weighted by Crippen LogP contribution is 2.35. The highest BCUT2D eigenvalue weighted by molar-refractivity contribution is 5.88. The van der Waals surface area contributed by atoms with Crippen LogP contribution in [0.4, 0.5) is 0 Å². The molecule has 118 valence electrons. The lowest BCUT2D eigenvalue weighted by molar-refractivity contribution is -0.128. The van der Waals surface area contributed by atoms with E-state index in [4.69, 9.17) is 19.3 Å². The fourth-order valence-corrected chi connectivity index (χ4v) is 2.09. The number of benzene rings is 2. The summed E-state index contributed by atoms with van der Waals surface area (Å²) >= 11 is 0. The van der Waals surface area contributed by atoms with E-state index in [1.54, 1.807) is 30.3 Å². The minimum atomic E-state index is -0.553. The standard InChI is InChI=1S/C17H14O6/c18-9-12-7-11(1-4-14(12)19)2-6-17(20)23-13-3-5-15-16(8-13)22-10-21-15/h1-8,18-19H,9-10H2/b6-2+. The number of esters is 1. The molecule has 0 aliphatic carbocycles. The molecule has 6 heteroatoms. The van der Waals surface area contributed by atoms with Crippen LogP contribution in [0.15, 0.2) is 42.5 Å². The van der Waals surface area contributed by atoms with Gasteiger partial charge in [-0.3, -0.25) is 0 Å². The van der Waals surface area contributed by atoms with Crippen LogP contribution in [0.2, 0.25) is 0 Å². The molecule has 0 radical (unpaired) electrons. The van der Waals surface area contributed by atoms with Gasteiger partial charge in [0.1, 0.15) is 11.5 Å². The Balaban J connectivity index is 1.67. The normalized spacial score (nSPS) is 12.6. The van der Waals surface area contributed by atoms with Gasteiger partial charge >= 0.3 is 5.97 Å². The minimum absolute atomic E-state index is 0.00702. The van der Waals surface area contributed by atoms with Crippen LogP contribution in [-0.4, -0.2) is 23.0 Å². The van der Waals surface area contributed by atoms with E-state index in [-0.39, 0.29) is 19.1 Å². The van der Waals surface area contributed by atoms with Crippen molar-refractivity contribution in [2.24, 2.45) is 0 Å². The van der Waals surface area contributed by atoms with Gasteiger partial charge in [-0.25, -0.2) is 4.79 Å². The second kappa shape index (κ2) is 6.41. The van der Waals surface area contributed by atoms with Gasteiger partial charge in [-0.2, -0.15) is 0 Å². The van der Waals surface area contributed by atoms with Crippen molar-refractivity contribution in [2.75, 3.05) is 6.79 Å². The Morgan fingerprint density at radius 3 is 2.83 bits per heavy atom. The predicted octanol–water partition coefficient (Wildman–Crippen LogP) is 2.23. The summed E-state index contributed by atoms with van der Waals surface area (Å²) in [6.45, 7) is -0.129. The third-order valence-corrected chi connectivity index (χ3v) is 3.25. The summed E-state index contributed by atoms with van der Waals surface area (Å²) in [6, 6.07) is 9.53. The number of aromatic hydroxyl groups is 1. The number of fused-ring (bicyclic) bond motifs is 1. The molecule has 6 nitrogen and oxygen atoms in total. The highest BCUT2D eigenvalue weighted by Gasteiger charge is 2.14. The van der Waals surface area contributed by atoms with Gasteiger partial charge < -0.3 is 24.4 Å². The van der Waals surface area contributed by atoms with E-state index >= 15 is 0 Å². The maximum absolute atomic E-state index is 11.8. The maximum atomic E-state index is 11.8. The smallest absolute Gasteiger partial charge is 0.336 e. The molecule has 1 aliphatic rings. The molecule has 1 aliphatic heterocycles. The van der Waals surface area contributed by atoms with Crippen LogP contribution in [0.5, 0.6) is 23.0 Å². The Morgan fingerprint density at radius 2 is 2.00 bits per heavy atom. The number of aliphatic hydroxyl groups excluding tert-OH is 1. The van der Waals surface area contributed by atoms with Crippen molar-refractivity contribution in [1.29, 1.82) is 0 Å². The molecule has 0 fully saturated rings. The van der Waals surface area contributed by atoms with Crippen LogP contribution >= 0.6 is 0 Å². The summed E-state index contributed by atoms with van der Waals surface area (Å²) in [6.07, 6.45) is 2.80. The Kier molecular flexibility index (Phi) is 4.16. The Bertz CT molecular complexity index is 766. The van der Waals surface area contributed by atoms with Crippen molar-refractivity contribution in [3.8, 4) is 23.0 Å². The van der Waals surface area contributed by atoms with E-state index in [0.717, 1.165) is 0 Å². The Hall–Kier alpha value is -2.99. The molecule has 1 heterocycles. The highest BCUT2D eigenvalue weighted by atomic mass is 16.7. The van der Waals surface area contributed by atoms with Crippen LogP contribution in [0, 0.1) is 0 Å². The largest absolute Gasteiger partial charge is 0.508 e. The van der Waals surface area contributed by atoms with Gasteiger partial charge in [0, 0.05) is 17.7 Å². The van der Waals surface area contributed by atoms with Gasteiger partial charge in [-0.15, -0.1) is 0 Å². The molecule has 0 atom stereocenters. The van der Waals surface area contributed by atoms with E-state index in [1.807, 2.05) is 0 Å². The van der Waals surface area contributed by atoms with Gasteiger partial charge in [-0.1, -0.05) is 6.07 Å². The number of rotatable bonds is 4. The average Bonchev–Trinajstić information content (AvgIpc) is 3.01. The zero-order valence-corrected chi connectivity index (χ0v) is 12.1. The first-order valence-corrected chi connectivity index (χ1v) is 6.88. The molecule has 3 rings (SSSR count). The molecule has 0 saturated heterocycles. The van der Waals surface area contributed by atoms with Crippen LogP contribution in [0.3, 0.4) is 0 Å². The van der Waals surface area contributed by atoms with Gasteiger partial charge in [0.25, 0.3) is 0 Å². The van der Waals surface area contributed by atoms with Crippen molar-refractivity contribution in [2.45, 2.75) is 6.61 Å². The van der Waals surface area contributed by atoms with E-state index < -0.39 is 5.97 Å². The van der Waals surface area contributed by atoms with Crippen LogP contribution in [0.25, 0.3) is 6.08 Å². The second-order valence-electron chi connectivity index (χ2n) is 4.82. The number of aliphatic hydroxyl groups is 1. The van der Waals surface area contributed by atoms with Crippen LogP contribution in [-0.2, 0) is 11.4 Å². The SMILES string of the molecule is O=C(/C=C/c1ccc(O)c(CO)c1)Oc1ccc2c(c1)OCO2. The van der Waals surface area contributed by atoms with E-state index in [0.29, 0.717) is 28.4 Å². The fraction of sp³-hybridized carbons (Fsp3) is 0.118. The number of phenols is 1. The van der Waals surface area contributed by atoms with Gasteiger partial charge in [0.15, 0.2) is 11.5 Å². The summed E-state index contributed by atoms with van der Waals surface area (Å²) < 4.78 is 15.6. The lowest BCUT2D eigenvalue weighted by atomic mass is 10.1. The topological polar surface area (TPSA) is 85.2 Å². The van der Waals surface area contributed by atoms with Crippen LogP contribution in [0.1, 0.15) is 11.1 Å². The van der Waals surface area contributed by atoms with Crippen molar-refractivity contribution in [1.82, 2.24) is 0 Å². The molecule has 0 bridgehead atoms. The minimum Gasteiger partial charge on any atom is -0.508 e. The molecule has 2 aromatic rings. The maximum Gasteiger partial charge on any atom is 0.336 e. The van der Waals surface area contributed by atoms with E-state index in [2.05, 4.69) is 0 Å². The van der Waals surface area contributed by atoms with Crippen LogP contribution < -0.4 is 14.2 Å². The van der Waals surface area contributed by atoms with Crippen molar-refractivity contribution < 1.29 is 29.2 Å². The molecule has 0 amide bonds. The van der Waals surface area contributed by atoms with E-state index in [9.17, 15) is 9.90 Å². The first-order chi connectivity index (χ1) is 11.2. The Labute approximate surface area is 132 Å². The zero-order valence-electron chi connectivity index (χ0n) is 12.1. The molecule has 0 saturated carbocycles. The van der Waals surface area contributed by atoms with Gasteiger partial charge in [-0.05, 0) is 35.9 Å². The average molecular weight is 314 g/mol. The lowest BCUT2D eigenvalue weighted by Crippen LogP contribution is -2.03. The number of carbonyl (C=O) groups excluding carboxylic acids is 1. The first kappa shape index (κ1) is 14.9. The molecule has 0 spiro atoms. The molecule has 2 N–H and O–H groups in total. The first-order valence-electron chi connectivity index (χ1n) is 6.88. The van der Waals surface area contributed by atoms with Crippen molar-refractivity contribution >= 4 is 12.0 Å². The van der Waals surface area contributed by atoms with Crippen molar-refractivity contribution in [3.63, 3.8) is 0 Å². The molecular formula is C17H14O6. The number of ether oxygens (including phenoxy) is 3. The van der Waals surface area contributed by atoms with Gasteiger partial charge in [0.05, 0.1) is 6.61 Å². The number of carbonyl (C=O) groups is 1. The number of hydrogen-bond acceptors (Lipinski definition) is 6.